The fourth-order valence-corrected chi connectivity index (χ4v) is 6.52. The Morgan fingerprint density at radius 1 is 1.29 bits per heavy atom. The van der Waals surface area contributed by atoms with Crippen LogP contribution in [-0.2, 0) is 14.6 Å². The summed E-state index contributed by atoms with van der Waals surface area (Å²) in [4.78, 5) is 25.2. The smallest absolute Gasteiger partial charge is 0.223 e. The van der Waals surface area contributed by atoms with Gasteiger partial charge in [-0.2, -0.15) is 0 Å². The number of pyridine rings is 1. The Morgan fingerprint density at radius 3 is 2.84 bits per heavy atom. The van der Waals surface area contributed by atoms with E-state index in [2.05, 4.69) is 9.97 Å². The average Bonchev–Trinajstić information content (AvgIpc) is 3.21. The van der Waals surface area contributed by atoms with Crippen LogP contribution in [0.1, 0.15) is 18.9 Å². The van der Waals surface area contributed by atoms with Crippen LogP contribution in [0.5, 0.6) is 0 Å². The molecule has 4 rings (SSSR count). The Bertz CT molecular complexity index is 1230. The van der Waals surface area contributed by atoms with Crippen LogP contribution in [0.25, 0.3) is 10.2 Å². The second-order valence-corrected chi connectivity index (χ2v) is 10.6. The van der Waals surface area contributed by atoms with E-state index in [1.807, 2.05) is 18.7 Å². The summed E-state index contributed by atoms with van der Waals surface area (Å²) in [6, 6.07) is 6.34. The second-order valence-electron chi connectivity index (χ2n) is 7.70. The molecule has 10 heteroatoms. The highest BCUT2D eigenvalue weighted by atomic mass is 32.2. The number of anilines is 1. The lowest BCUT2D eigenvalue weighted by Gasteiger charge is -2.41. The summed E-state index contributed by atoms with van der Waals surface area (Å²) in [5.74, 6) is -0.0936. The van der Waals surface area contributed by atoms with Crippen LogP contribution in [0.3, 0.4) is 0 Å². The van der Waals surface area contributed by atoms with Crippen molar-refractivity contribution in [2.45, 2.75) is 31.2 Å². The first kappa shape index (κ1) is 21.6. The lowest BCUT2D eigenvalue weighted by molar-refractivity contribution is -0.133. The van der Waals surface area contributed by atoms with Crippen molar-refractivity contribution in [2.75, 3.05) is 30.3 Å². The predicted molar refractivity (Wildman–Crippen MR) is 119 cm³/mol. The van der Waals surface area contributed by atoms with Gasteiger partial charge in [-0.05, 0) is 37.6 Å². The van der Waals surface area contributed by atoms with E-state index in [4.69, 9.17) is 0 Å². The maximum atomic E-state index is 13.3. The third-order valence-corrected chi connectivity index (χ3v) is 8.26. The van der Waals surface area contributed by atoms with E-state index in [1.54, 1.807) is 28.6 Å². The van der Waals surface area contributed by atoms with Crippen LogP contribution in [0.15, 0.2) is 40.9 Å². The molecule has 0 saturated carbocycles. The molecule has 0 bridgehead atoms. The summed E-state index contributed by atoms with van der Waals surface area (Å²) in [6.07, 6.45) is 1.12. The molecule has 1 aliphatic heterocycles. The molecular weight excluding hydrogens is 439 g/mol. The van der Waals surface area contributed by atoms with Crippen LogP contribution < -0.4 is 4.90 Å². The Kier molecular flexibility index (Phi) is 5.94. The molecule has 0 N–H and O–H groups in total. The summed E-state index contributed by atoms with van der Waals surface area (Å²) < 4.78 is 39.7. The van der Waals surface area contributed by atoms with E-state index >= 15 is 0 Å². The Labute approximate surface area is 184 Å². The summed E-state index contributed by atoms with van der Waals surface area (Å²) in [5.41, 5.74) is 3.01. The number of thiazole rings is 1. The maximum absolute atomic E-state index is 13.3. The van der Waals surface area contributed by atoms with Crippen LogP contribution >= 0.6 is 11.3 Å². The van der Waals surface area contributed by atoms with Gasteiger partial charge in [0.05, 0.1) is 32.6 Å². The van der Waals surface area contributed by atoms with Crippen molar-refractivity contribution in [3.05, 3.63) is 47.4 Å². The molecule has 0 unspecified atom stereocenters. The minimum absolute atomic E-state index is 0.0737. The van der Waals surface area contributed by atoms with Crippen LogP contribution in [0, 0.1) is 12.7 Å². The average molecular weight is 463 g/mol. The molecule has 0 aliphatic carbocycles. The highest BCUT2D eigenvalue weighted by Gasteiger charge is 2.30. The van der Waals surface area contributed by atoms with Gasteiger partial charge in [0.2, 0.25) is 5.91 Å². The fourth-order valence-electron chi connectivity index (χ4n) is 3.97. The third-order valence-electron chi connectivity index (χ3n) is 5.50. The van der Waals surface area contributed by atoms with Crippen molar-refractivity contribution < 1.29 is 17.6 Å². The van der Waals surface area contributed by atoms with Gasteiger partial charge in [-0.25, -0.2) is 22.8 Å². The first-order chi connectivity index (χ1) is 14.8. The number of halogens is 1. The number of hydrogen-bond acceptors (Lipinski definition) is 7. The molecular formula is C21H23FN4O3S2. The molecule has 31 heavy (non-hydrogen) atoms. The van der Waals surface area contributed by atoms with Gasteiger partial charge < -0.3 is 9.80 Å². The summed E-state index contributed by atoms with van der Waals surface area (Å²) >= 11 is 1.28. The standard InChI is InChI=1S/C21H23FN4O3S2/c1-14-10-16(22)11-23-21(14)25-7-8-26(15(2)12-25)19(27)6-9-31(28,29)18-5-3-4-17-20(18)30-13-24-17/h3-5,10-11,13,15H,6-9,12H2,1-2H3/t15-/m0/s1. The lowest BCUT2D eigenvalue weighted by Crippen LogP contribution is -2.54. The number of fused-ring (bicyclic) bond motifs is 1. The number of hydrogen-bond donors (Lipinski definition) is 0. The van der Waals surface area contributed by atoms with Gasteiger partial charge in [-0.1, -0.05) is 6.07 Å². The van der Waals surface area contributed by atoms with Gasteiger partial charge in [-0.3, -0.25) is 4.79 Å². The van der Waals surface area contributed by atoms with Crippen LogP contribution in [0.2, 0.25) is 0 Å². The second kappa shape index (κ2) is 8.51. The number of nitrogens with zero attached hydrogens (tertiary/aromatic N) is 4. The van der Waals surface area contributed by atoms with Crippen molar-refractivity contribution in [1.29, 1.82) is 0 Å². The number of piperazine rings is 1. The number of aromatic nitrogens is 2. The maximum Gasteiger partial charge on any atom is 0.223 e. The molecule has 3 heterocycles. The number of carbonyl (C=O) groups excluding carboxylic acids is 1. The van der Waals surface area contributed by atoms with Crippen molar-refractivity contribution in [2.24, 2.45) is 0 Å². The Hall–Kier alpha value is -2.59. The Morgan fingerprint density at radius 2 is 2.10 bits per heavy atom. The lowest BCUT2D eigenvalue weighted by atomic mass is 10.1. The zero-order valence-electron chi connectivity index (χ0n) is 17.3. The molecule has 1 atom stereocenters. The molecule has 0 spiro atoms. The summed E-state index contributed by atoms with van der Waals surface area (Å²) in [5, 5.41) is 0. The molecule has 2 aromatic heterocycles. The van der Waals surface area contributed by atoms with Gasteiger partial charge in [0.15, 0.2) is 9.84 Å². The van der Waals surface area contributed by atoms with Gasteiger partial charge >= 0.3 is 0 Å². The van der Waals surface area contributed by atoms with E-state index in [9.17, 15) is 17.6 Å². The molecule has 1 saturated heterocycles. The van der Waals surface area contributed by atoms with Crippen LogP contribution in [-0.4, -0.2) is 60.6 Å². The quantitative estimate of drug-likeness (QED) is 0.580. The zero-order valence-corrected chi connectivity index (χ0v) is 18.9. The normalized spacial score (nSPS) is 17.3. The fraction of sp³-hybridized carbons (Fsp3) is 0.381. The van der Waals surface area contributed by atoms with Gasteiger partial charge in [0, 0.05) is 32.1 Å². The molecule has 1 amide bonds. The first-order valence-electron chi connectivity index (χ1n) is 9.98. The molecule has 1 fully saturated rings. The number of aryl methyl sites for hydroxylation is 1. The molecule has 1 aliphatic rings. The van der Waals surface area contributed by atoms with Crippen molar-refractivity contribution in [1.82, 2.24) is 14.9 Å². The largest absolute Gasteiger partial charge is 0.353 e. The highest BCUT2D eigenvalue weighted by Crippen LogP contribution is 2.27. The van der Waals surface area contributed by atoms with Gasteiger partial charge in [0.25, 0.3) is 0 Å². The number of rotatable bonds is 5. The topological polar surface area (TPSA) is 83.5 Å². The first-order valence-corrected chi connectivity index (χ1v) is 12.5. The number of sulfone groups is 1. The molecule has 0 radical (unpaired) electrons. The number of carbonyl (C=O) groups is 1. The van der Waals surface area contributed by atoms with Crippen molar-refractivity contribution >= 4 is 43.1 Å². The monoisotopic (exact) mass is 462 g/mol. The molecule has 3 aromatic rings. The van der Waals surface area contributed by atoms with Gasteiger partial charge in [-0.15, -0.1) is 11.3 Å². The third kappa shape index (κ3) is 4.40. The van der Waals surface area contributed by atoms with Crippen LogP contribution in [0.4, 0.5) is 10.2 Å². The predicted octanol–water partition coefficient (Wildman–Crippen LogP) is 3.04. The van der Waals surface area contributed by atoms with Crippen molar-refractivity contribution in [3.63, 3.8) is 0 Å². The minimum atomic E-state index is -3.60. The highest BCUT2D eigenvalue weighted by molar-refractivity contribution is 7.91. The molecule has 1 aromatic carbocycles. The number of amides is 1. The summed E-state index contributed by atoms with van der Waals surface area (Å²) in [7, 11) is -3.60. The van der Waals surface area contributed by atoms with E-state index in [0.717, 1.165) is 5.56 Å². The van der Waals surface area contributed by atoms with E-state index in [0.29, 0.717) is 35.7 Å². The SMILES string of the molecule is Cc1cc(F)cnc1N1CCN(C(=O)CCS(=O)(=O)c2cccc3ncsc23)[C@@H](C)C1. The molecule has 7 nitrogen and oxygen atoms in total. The Balaban J connectivity index is 1.41. The van der Waals surface area contributed by atoms with E-state index in [1.165, 1.54) is 23.6 Å². The zero-order chi connectivity index (χ0) is 22.2. The van der Waals surface area contributed by atoms with Crippen molar-refractivity contribution in [3.8, 4) is 0 Å². The van der Waals surface area contributed by atoms with Gasteiger partial charge in [0.1, 0.15) is 11.6 Å². The minimum Gasteiger partial charge on any atom is -0.353 e. The number of benzene rings is 1. The summed E-state index contributed by atoms with van der Waals surface area (Å²) in [6.45, 7) is 5.31. The van der Waals surface area contributed by atoms with E-state index < -0.39 is 9.84 Å². The molecule has 164 valence electrons. The van der Waals surface area contributed by atoms with E-state index in [-0.39, 0.29) is 34.8 Å².